The first kappa shape index (κ1) is 15.4. The van der Waals surface area contributed by atoms with E-state index in [9.17, 15) is 0 Å². The summed E-state index contributed by atoms with van der Waals surface area (Å²) in [6.07, 6.45) is 2.40. The van der Waals surface area contributed by atoms with Crippen LogP contribution in [0.2, 0.25) is 0 Å². The first-order chi connectivity index (χ1) is 8.38. The lowest BCUT2D eigenvalue weighted by Gasteiger charge is -2.24. The van der Waals surface area contributed by atoms with E-state index in [1.165, 1.54) is 12.8 Å². The Morgan fingerprint density at radius 2 is 1.89 bits per heavy atom. The van der Waals surface area contributed by atoms with Crippen LogP contribution in [0.25, 0.3) is 0 Å². The van der Waals surface area contributed by atoms with Gasteiger partial charge in [-0.25, -0.2) is 9.97 Å². The van der Waals surface area contributed by atoms with Crippen molar-refractivity contribution in [3.8, 4) is 0 Å². The fraction of sp³-hybridized carbons (Fsp3) is 0.714. The lowest BCUT2D eigenvalue weighted by Crippen LogP contribution is -2.27. The average molecular weight is 314 g/mol. The summed E-state index contributed by atoms with van der Waals surface area (Å²) in [6, 6.07) is 2.01. The second kappa shape index (κ2) is 6.50. The van der Waals surface area contributed by atoms with Crippen LogP contribution in [0, 0.1) is 0 Å². The molecule has 0 radical (unpaired) electrons. The Kier molecular flexibility index (Phi) is 5.57. The third kappa shape index (κ3) is 4.23. The zero-order chi connectivity index (χ0) is 13.8. The van der Waals surface area contributed by atoms with Gasteiger partial charge in [0.05, 0.1) is 0 Å². The highest BCUT2D eigenvalue weighted by Gasteiger charge is 2.20. The third-order valence-electron chi connectivity index (χ3n) is 2.84. The zero-order valence-electron chi connectivity index (χ0n) is 12.1. The Balaban J connectivity index is 3.04. The standard InChI is InChI=1S/C14H24BrN3/c1-6-8-9-18(7-2)12-10-11(15)16-13(17-12)14(3,4)5/h10H,6-9H2,1-5H3. The minimum Gasteiger partial charge on any atom is -0.357 e. The molecule has 0 atom stereocenters. The van der Waals surface area contributed by atoms with Gasteiger partial charge in [-0.15, -0.1) is 0 Å². The highest BCUT2D eigenvalue weighted by atomic mass is 79.9. The smallest absolute Gasteiger partial charge is 0.137 e. The molecule has 0 amide bonds. The van der Waals surface area contributed by atoms with Gasteiger partial charge >= 0.3 is 0 Å². The molecule has 3 nitrogen and oxygen atoms in total. The summed E-state index contributed by atoms with van der Waals surface area (Å²) in [5, 5.41) is 0. The summed E-state index contributed by atoms with van der Waals surface area (Å²) in [7, 11) is 0. The van der Waals surface area contributed by atoms with Crippen LogP contribution in [-0.2, 0) is 5.41 Å². The van der Waals surface area contributed by atoms with Crippen LogP contribution in [0.3, 0.4) is 0 Å². The molecule has 1 rings (SSSR count). The predicted octanol–water partition coefficient (Wildman–Crippen LogP) is 4.16. The first-order valence-corrected chi connectivity index (χ1v) is 7.47. The Morgan fingerprint density at radius 1 is 1.22 bits per heavy atom. The number of nitrogens with zero attached hydrogens (tertiary/aromatic N) is 3. The Morgan fingerprint density at radius 3 is 2.39 bits per heavy atom. The van der Waals surface area contributed by atoms with Crippen LogP contribution in [0.15, 0.2) is 10.7 Å². The number of aromatic nitrogens is 2. The van der Waals surface area contributed by atoms with Gasteiger partial charge in [-0.3, -0.25) is 0 Å². The molecule has 0 aromatic carbocycles. The molecule has 1 aromatic rings. The molecule has 0 N–H and O–H groups in total. The van der Waals surface area contributed by atoms with E-state index in [2.05, 4.69) is 60.4 Å². The van der Waals surface area contributed by atoms with E-state index in [1.54, 1.807) is 0 Å². The van der Waals surface area contributed by atoms with Gasteiger partial charge in [0.25, 0.3) is 0 Å². The molecule has 0 aliphatic rings. The van der Waals surface area contributed by atoms with Gasteiger partial charge in [0, 0.05) is 24.6 Å². The SMILES string of the molecule is CCCCN(CC)c1cc(Br)nc(C(C)(C)C)n1. The average Bonchev–Trinajstić information content (AvgIpc) is 2.28. The molecular weight excluding hydrogens is 290 g/mol. The lowest BCUT2D eigenvalue weighted by atomic mass is 9.96. The fourth-order valence-electron chi connectivity index (χ4n) is 1.69. The second-order valence-electron chi connectivity index (χ2n) is 5.56. The van der Waals surface area contributed by atoms with E-state index < -0.39 is 0 Å². The van der Waals surface area contributed by atoms with Gasteiger partial charge < -0.3 is 4.90 Å². The number of unbranched alkanes of at least 4 members (excludes halogenated alkanes) is 1. The minimum absolute atomic E-state index is 0.0251. The summed E-state index contributed by atoms with van der Waals surface area (Å²) in [5.74, 6) is 1.92. The topological polar surface area (TPSA) is 29.0 Å². The van der Waals surface area contributed by atoms with Crippen molar-refractivity contribution in [2.24, 2.45) is 0 Å². The molecule has 0 aliphatic heterocycles. The maximum Gasteiger partial charge on any atom is 0.137 e. The zero-order valence-corrected chi connectivity index (χ0v) is 13.7. The monoisotopic (exact) mass is 313 g/mol. The number of anilines is 1. The molecule has 0 bridgehead atoms. The van der Waals surface area contributed by atoms with Crippen LogP contribution in [-0.4, -0.2) is 23.1 Å². The van der Waals surface area contributed by atoms with Crippen LogP contribution in [0.5, 0.6) is 0 Å². The van der Waals surface area contributed by atoms with Gasteiger partial charge in [-0.1, -0.05) is 34.1 Å². The minimum atomic E-state index is -0.0251. The Bertz CT molecular complexity index is 385. The lowest BCUT2D eigenvalue weighted by molar-refractivity contribution is 0.541. The van der Waals surface area contributed by atoms with Crippen LogP contribution in [0.1, 0.15) is 53.3 Å². The van der Waals surface area contributed by atoms with E-state index in [-0.39, 0.29) is 5.41 Å². The summed E-state index contributed by atoms with van der Waals surface area (Å²) >= 11 is 3.49. The van der Waals surface area contributed by atoms with Crippen molar-refractivity contribution in [3.63, 3.8) is 0 Å². The van der Waals surface area contributed by atoms with E-state index in [0.29, 0.717) is 0 Å². The van der Waals surface area contributed by atoms with Gasteiger partial charge in [0.15, 0.2) is 0 Å². The summed E-state index contributed by atoms with van der Waals surface area (Å²) in [6.45, 7) is 12.8. The highest BCUT2D eigenvalue weighted by Crippen LogP contribution is 2.24. The normalized spacial score (nSPS) is 11.7. The molecule has 1 aromatic heterocycles. The molecule has 0 unspecified atom stereocenters. The molecule has 0 saturated carbocycles. The fourth-order valence-corrected chi connectivity index (χ4v) is 2.06. The second-order valence-corrected chi connectivity index (χ2v) is 6.37. The van der Waals surface area contributed by atoms with Crippen molar-refractivity contribution in [2.45, 2.75) is 52.9 Å². The molecule has 0 saturated heterocycles. The number of halogens is 1. The number of hydrogen-bond donors (Lipinski definition) is 0. The van der Waals surface area contributed by atoms with Crippen LogP contribution in [0.4, 0.5) is 5.82 Å². The summed E-state index contributed by atoms with van der Waals surface area (Å²) < 4.78 is 0.868. The Hall–Kier alpha value is -0.640. The Labute approximate surface area is 119 Å². The maximum atomic E-state index is 4.71. The van der Waals surface area contributed by atoms with Crippen molar-refractivity contribution in [3.05, 3.63) is 16.5 Å². The van der Waals surface area contributed by atoms with E-state index in [1.807, 2.05) is 6.07 Å². The molecule has 102 valence electrons. The van der Waals surface area contributed by atoms with E-state index in [0.717, 1.165) is 29.3 Å². The van der Waals surface area contributed by atoms with Crippen molar-refractivity contribution in [1.29, 1.82) is 0 Å². The number of hydrogen-bond acceptors (Lipinski definition) is 3. The molecule has 4 heteroatoms. The molecular formula is C14H24BrN3. The largest absolute Gasteiger partial charge is 0.357 e. The molecule has 0 spiro atoms. The molecule has 0 fully saturated rings. The van der Waals surface area contributed by atoms with Crippen molar-refractivity contribution < 1.29 is 0 Å². The van der Waals surface area contributed by atoms with Crippen LogP contribution >= 0.6 is 15.9 Å². The summed E-state index contributed by atoms with van der Waals surface area (Å²) in [5.41, 5.74) is -0.0251. The van der Waals surface area contributed by atoms with Gasteiger partial charge in [0.1, 0.15) is 16.2 Å². The highest BCUT2D eigenvalue weighted by molar-refractivity contribution is 9.10. The van der Waals surface area contributed by atoms with Crippen LogP contribution < -0.4 is 4.90 Å². The molecule has 1 heterocycles. The quantitative estimate of drug-likeness (QED) is 0.764. The van der Waals surface area contributed by atoms with Gasteiger partial charge in [-0.2, -0.15) is 0 Å². The van der Waals surface area contributed by atoms with Crippen molar-refractivity contribution in [2.75, 3.05) is 18.0 Å². The van der Waals surface area contributed by atoms with E-state index in [4.69, 9.17) is 4.98 Å². The maximum absolute atomic E-state index is 4.71. The van der Waals surface area contributed by atoms with Gasteiger partial charge in [-0.05, 0) is 29.3 Å². The van der Waals surface area contributed by atoms with Crippen molar-refractivity contribution in [1.82, 2.24) is 9.97 Å². The first-order valence-electron chi connectivity index (χ1n) is 6.68. The van der Waals surface area contributed by atoms with Gasteiger partial charge in [0.2, 0.25) is 0 Å². The van der Waals surface area contributed by atoms with Crippen molar-refractivity contribution >= 4 is 21.7 Å². The third-order valence-corrected chi connectivity index (χ3v) is 3.25. The number of rotatable bonds is 5. The predicted molar refractivity (Wildman–Crippen MR) is 81.2 cm³/mol. The molecule has 0 aliphatic carbocycles. The molecule has 18 heavy (non-hydrogen) atoms. The summed E-state index contributed by atoms with van der Waals surface area (Å²) in [4.78, 5) is 11.5. The van der Waals surface area contributed by atoms with E-state index >= 15 is 0 Å².